The number of hydrogen-bond donors (Lipinski definition) is 1. The normalized spacial score (nSPS) is 25.0. The van der Waals surface area contributed by atoms with Crippen LogP contribution in [-0.4, -0.2) is 26.4 Å². The van der Waals surface area contributed by atoms with E-state index in [1.807, 2.05) is 19.1 Å². The Bertz CT molecular complexity index is 899. The van der Waals surface area contributed by atoms with Crippen molar-refractivity contribution < 1.29 is 0 Å². The average molecular weight is 305 g/mol. The van der Waals surface area contributed by atoms with Gasteiger partial charge in [-0.1, -0.05) is 24.3 Å². The van der Waals surface area contributed by atoms with E-state index in [0.717, 1.165) is 23.8 Å². The first-order chi connectivity index (χ1) is 11.3. The number of rotatable bonds is 3. The quantitative estimate of drug-likeness (QED) is 0.808. The minimum absolute atomic E-state index is 0.431. The summed E-state index contributed by atoms with van der Waals surface area (Å²) >= 11 is 0. The Kier molecular flexibility index (Phi) is 2.57. The minimum Gasteiger partial charge on any atom is -0.368 e. The molecule has 0 aliphatic heterocycles. The Morgan fingerprint density at radius 2 is 2.13 bits per heavy atom. The summed E-state index contributed by atoms with van der Waals surface area (Å²) in [5.74, 6) is 2.43. The van der Waals surface area contributed by atoms with Gasteiger partial charge in [-0.3, -0.25) is 0 Å². The molecule has 1 spiro atoms. The van der Waals surface area contributed by atoms with E-state index in [1.54, 1.807) is 15.6 Å². The number of anilines is 1. The third-order valence-electron chi connectivity index (χ3n) is 5.57. The highest BCUT2D eigenvalue weighted by atomic mass is 15.4. The maximum Gasteiger partial charge on any atom is 0.178 e. The molecule has 0 amide bonds. The number of aryl methyl sites for hydroxylation is 2. The Hall–Kier alpha value is -2.43. The summed E-state index contributed by atoms with van der Waals surface area (Å²) < 4.78 is 1.79. The Balaban J connectivity index is 1.33. The van der Waals surface area contributed by atoms with Gasteiger partial charge in [0.05, 0.1) is 0 Å². The van der Waals surface area contributed by atoms with Crippen LogP contribution in [0, 0.1) is 12.8 Å². The van der Waals surface area contributed by atoms with E-state index in [1.165, 1.54) is 19.3 Å². The molecule has 2 aliphatic carbocycles. The van der Waals surface area contributed by atoms with E-state index in [0.29, 0.717) is 11.3 Å². The van der Waals surface area contributed by atoms with Gasteiger partial charge in [-0.05, 0) is 55.4 Å². The molecular weight excluding hydrogens is 286 g/mol. The van der Waals surface area contributed by atoms with Crippen molar-refractivity contribution in [1.29, 1.82) is 0 Å². The molecule has 23 heavy (non-hydrogen) atoms. The van der Waals surface area contributed by atoms with Crippen molar-refractivity contribution in [3.05, 3.63) is 53.3 Å². The zero-order valence-corrected chi connectivity index (χ0v) is 13.2. The second-order valence-electron chi connectivity index (χ2n) is 6.83. The fraction of sp³-hybridized carbons (Fsp3) is 0.389. The van der Waals surface area contributed by atoms with Crippen molar-refractivity contribution in [2.24, 2.45) is 5.92 Å². The first-order valence-electron chi connectivity index (χ1n) is 8.28. The second kappa shape index (κ2) is 4.54. The number of nitrogens with zero attached hydrogens (tertiary/aromatic N) is 4. The van der Waals surface area contributed by atoms with Gasteiger partial charge in [0.15, 0.2) is 11.5 Å². The van der Waals surface area contributed by atoms with E-state index in [9.17, 15) is 0 Å². The standard InChI is InChI=1S/C18H19N5/c1-12-20-21-17-7-6-16(22-23(12)17)19-11-14-10-18(14)9-8-13-4-2-3-5-15(13)18/h2-7,14H,8-11H2,1H3,(H,19,22)/t14-,18+/m1/s1. The Morgan fingerprint density at radius 3 is 3.09 bits per heavy atom. The van der Waals surface area contributed by atoms with Crippen LogP contribution in [0.15, 0.2) is 36.4 Å². The molecule has 0 unspecified atom stereocenters. The summed E-state index contributed by atoms with van der Waals surface area (Å²) in [7, 11) is 0. The van der Waals surface area contributed by atoms with Gasteiger partial charge < -0.3 is 5.32 Å². The predicted molar refractivity (Wildman–Crippen MR) is 88.6 cm³/mol. The number of aromatic nitrogens is 4. The lowest BCUT2D eigenvalue weighted by molar-refractivity contribution is 0.609. The highest BCUT2D eigenvalue weighted by Crippen LogP contribution is 2.61. The molecule has 5 nitrogen and oxygen atoms in total. The van der Waals surface area contributed by atoms with Gasteiger partial charge >= 0.3 is 0 Å². The number of benzene rings is 1. The van der Waals surface area contributed by atoms with Crippen molar-refractivity contribution in [3.8, 4) is 0 Å². The smallest absolute Gasteiger partial charge is 0.178 e. The van der Waals surface area contributed by atoms with Crippen LogP contribution in [0.1, 0.15) is 29.8 Å². The van der Waals surface area contributed by atoms with Crippen LogP contribution in [-0.2, 0) is 11.8 Å². The average Bonchev–Trinajstić information content (AvgIpc) is 2.99. The molecule has 5 rings (SSSR count). The van der Waals surface area contributed by atoms with E-state index in [-0.39, 0.29) is 0 Å². The van der Waals surface area contributed by atoms with Crippen LogP contribution in [0.2, 0.25) is 0 Å². The summed E-state index contributed by atoms with van der Waals surface area (Å²) in [6, 6.07) is 12.9. The summed E-state index contributed by atoms with van der Waals surface area (Å²) in [5.41, 5.74) is 4.36. The van der Waals surface area contributed by atoms with E-state index < -0.39 is 0 Å². The van der Waals surface area contributed by atoms with Gasteiger partial charge in [-0.2, -0.15) is 4.52 Å². The molecule has 1 fully saturated rings. The van der Waals surface area contributed by atoms with E-state index in [2.05, 4.69) is 44.9 Å². The van der Waals surface area contributed by atoms with Crippen LogP contribution in [0.3, 0.4) is 0 Å². The molecule has 2 aliphatic rings. The van der Waals surface area contributed by atoms with Crippen LogP contribution in [0.25, 0.3) is 5.65 Å². The largest absolute Gasteiger partial charge is 0.368 e. The predicted octanol–water partition coefficient (Wildman–Crippen LogP) is 2.75. The van der Waals surface area contributed by atoms with Crippen LogP contribution >= 0.6 is 0 Å². The Labute approximate surface area is 134 Å². The number of fused-ring (bicyclic) bond motifs is 3. The maximum atomic E-state index is 4.57. The van der Waals surface area contributed by atoms with Crippen molar-refractivity contribution in [2.45, 2.75) is 31.6 Å². The lowest BCUT2D eigenvalue weighted by Crippen LogP contribution is -2.14. The fourth-order valence-corrected chi connectivity index (χ4v) is 4.22. The van der Waals surface area contributed by atoms with Crippen molar-refractivity contribution in [2.75, 3.05) is 11.9 Å². The molecule has 2 heterocycles. The van der Waals surface area contributed by atoms with Crippen LogP contribution in [0.5, 0.6) is 0 Å². The molecular formula is C18H19N5. The Morgan fingerprint density at radius 1 is 1.22 bits per heavy atom. The summed E-state index contributed by atoms with van der Waals surface area (Å²) in [6.07, 6.45) is 3.83. The van der Waals surface area contributed by atoms with Crippen LogP contribution in [0.4, 0.5) is 5.82 Å². The number of nitrogens with one attached hydrogen (secondary N) is 1. The van der Waals surface area contributed by atoms with Crippen LogP contribution < -0.4 is 5.32 Å². The molecule has 0 bridgehead atoms. The second-order valence-corrected chi connectivity index (χ2v) is 6.83. The van der Waals surface area contributed by atoms with Crippen molar-refractivity contribution >= 4 is 11.5 Å². The molecule has 1 saturated carbocycles. The highest BCUT2D eigenvalue weighted by Gasteiger charge is 2.57. The maximum absolute atomic E-state index is 4.57. The van der Waals surface area contributed by atoms with Gasteiger partial charge in [0.1, 0.15) is 5.82 Å². The number of hydrogen-bond acceptors (Lipinski definition) is 4. The zero-order chi connectivity index (χ0) is 15.4. The van der Waals surface area contributed by atoms with E-state index in [4.69, 9.17) is 0 Å². The van der Waals surface area contributed by atoms with Gasteiger partial charge in [0, 0.05) is 12.0 Å². The minimum atomic E-state index is 0.431. The summed E-state index contributed by atoms with van der Waals surface area (Å²) in [4.78, 5) is 0. The summed E-state index contributed by atoms with van der Waals surface area (Å²) in [6.45, 7) is 2.90. The van der Waals surface area contributed by atoms with Gasteiger partial charge in [0.2, 0.25) is 0 Å². The van der Waals surface area contributed by atoms with E-state index >= 15 is 0 Å². The molecule has 3 aromatic rings. The summed E-state index contributed by atoms with van der Waals surface area (Å²) in [5, 5.41) is 16.2. The third kappa shape index (κ3) is 1.89. The molecule has 5 heteroatoms. The molecule has 2 atom stereocenters. The SMILES string of the molecule is Cc1nnc2ccc(NC[C@H]3C[C@@]34CCc3ccccc34)nn12. The first kappa shape index (κ1) is 13.0. The zero-order valence-electron chi connectivity index (χ0n) is 13.2. The van der Waals surface area contributed by atoms with Gasteiger partial charge in [0.25, 0.3) is 0 Å². The molecule has 116 valence electrons. The molecule has 1 aromatic carbocycles. The molecule has 0 saturated heterocycles. The van der Waals surface area contributed by atoms with Gasteiger partial charge in [-0.25, -0.2) is 0 Å². The fourth-order valence-electron chi connectivity index (χ4n) is 4.22. The lowest BCUT2D eigenvalue weighted by atomic mass is 9.95. The monoisotopic (exact) mass is 305 g/mol. The topological polar surface area (TPSA) is 55.1 Å². The third-order valence-corrected chi connectivity index (χ3v) is 5.57. The van der Waals surface area contributed by atoms with Gasteiger partial charge in [-0.15, -0.1) is 15.3 Å². The molecule has 0 radical (unpaired) electrons. The van der Waals surface area contributed by atoms with Crippen molar-refractivity contribution in [1.82, 2.24) is 19.8 Å². The lowest BCUT2D eigenvalue weighted by Gasteiger charge is -2.12. The molecule has 1 N–H and O–H groups in total. The molecule has 2 aromatic heterocycles. The van der Waals surface area contributed by atoms with Crippen molar-refractivity contribution in [3.63, 3.8) is 0 Å². The first-order valence-corrected chi connectivity index (χ1v) is 8.28. The highest BCUT2D eigenvalue weighted by molar-refractivity contribution is 5.47.